The fourth-order valence-corrected chi connectivity index (χ4v) is 1.75. The molecule has 0 aromatic heterocycles. The molecule has 0 heterocycles. The van der Waals surface area contributed by atoms with Gasteiger partial charge in [0.1, 0.15) is 17.5 Å². The molecule has 9 heteroatoms. The Morgan fingerprint density at radius 2 is 1.39 bits per heavy atom. The van der Waals surface area contributed by atoms with Crippen molar-refractivity contribution >= 4 is 0 Å². The van der Waals surface area contributed by atoms with Crippen molar-refractivity contribution < 1.29 is 39.9 Å². The SMILES string of the molecule is Fc1cc(F)c(-c2ccc(OC(F)(F)C(F)F)c(F)c2)c(F)c1. The minimum Gasteiger partial charge on any atom is -0.425 e. The first-order chi connectivity index (χ1) is 10.6. The van der Waals surface area contributed by atoms with E-state index in [1.54, 1.807) is 0 Å². The van der Waals surface area contributed by atoms with E-state index in [0.29, 0.717) is 24.3 Å². The normalized spacial score (nSPS) is 11.9. The summed E-state index contributed by atoms with van der Waals surface area (Å²) >= 11 is 0. The van der Waals surface area contributed by atoms with Crippen molar-refractivity contribution in [2.75, 3.05) is 0 Å². The second-order valence-electron chi connectivity index (χ2n) is 4.35. The highest BCUT2D eigenvalue weighted by Crippen LogP contribution is 2.33. The molecular weight excluding hydrogens is 336 g/mol. The Morgan fingerprint density at radius 1 is 0.826 bits per heavy atom. The lowest BCUT2D eigenvalue weighted by atomic mass is 10.0. The molecule has 0 bridgehead atoms. The van der Waals surface area contributed by atoms with Crippen LogP contribution in [-0.2, 0) is 0 Å². The van der Waals surface area contributed by atoms with Gasteiger partial charge in [0, 0.05) is 12.1 Å². The molecule has 0 spiro atoms. The molecule has 0 saturated carbocycles. The van der Waals surface area contributed by atoms with Crippen LogP contribution in [0.3, 0.4) is 0 Å². The Kier molecular flexibility index (Phi) is 4.49. The molecule has 0 radical (unpaired) electrons. The molecule has 0 fully saturated rings. The van der Waals surface area contributed by atoms with Gasteiger partial charge < -0.3 is 4.74 Å². The minimum atomic E-state index is -4.94. The zero-order valence-electron chi connectivity index (χ0n) is 10.9. The first-order valence-corrected chi connectivity index (χ1v) is 5.91. The number of hydrogen-bond acceptors (Lipinski definition) is 1. The van der Waals surface area contributed by atoms with E-state index in [1.165, 1.54) is 0 Å². The zero-order valence-corrected chi connectivity index (χ0v) is 10.9. The van der Waals surface area contributed by atoms with Crippen molar-refractivity contribution in [1.82, 2.24) is 0 Å². The smallest absolute Gasteiger partial charge is 0.425 e. The monoisotopic (exact) mass is 342 g/mol. The van der Waals surface area contributed by atoms with Crippen LogP contribution in [0.5, 0.6) is 5.75 Å². The molecule has 2 aromatic rings. The van der Waals surface area contributed by atoms with Gasteiger partial charge in [0.2, 0.25) is 0 Å². The highest BCUT2D eigenvalue weighted by molar-refractivity contribution is 5.65. The molecule has 0 unspecified atom stereocenters. The van der Waals surface area contributed by atoms with Crippen LogP contribution < -0.4 is 4.74 Å². The van der Waals surface area contributed by atoms with Gasteiger partial charge in [-0.2, -0.15) is 17.6 Å². The lowest BCUT2D eigenvalue weighted by Crippen LogP contribution is -2.33. The molecule has 0 atom stereocenters. The summed E-state index contributed by atoms with van der Waals surface area (Å²) in [6, 6.07) is 2.34. The Morgan fingerprint density at radius 3 is 1.87 bits per heavy atom. The second-order valence-corrected chi connectivity index (χ2v) is 4.35. The second kappa shape index (κ2) is 6.05. The lowest BCUT2D eigenvalue weighted by Gasteiger charge is -2.17. The summed E-state index contributed by atoms with van der Waals surface area (Å²) in [6.07, 6.45) is -9.14. The third-order valence-corrected chi connectivity index (χ3v) is 2.73. The minimum absolute atomic E-state index is 0.339. The summed E-state index contributed by atoms with van der Waals surface area (Å²) in [4.78, 5) is 0. The quantitative estimate of drug-likeness (QED) is 0.699. The first kappa shape index (κ1) is 17.0. The molecule has 0 N–H and O–H groups in total. The van der Waals surface area contributed by atoms with Gasteiger partial charge >= 0.3 is 12.5 Å². The summed E-state index contributed by atoms with van der Waals surface area (Å²) < 4.78 is 107. The molecule has 2 rings (SSSR count). The number of rotatable bonds is 4. The van der Waals surface area contributed by atoms with Crippen molar-refractivity contribution in [3.05, 3.63) is 53.6 Å². The van der Waals surface area contributed by atoms with Crippen molar-refractivity contribution in [2.45, 2.75) is 12.5 Å². The number of alkyl halides is 4. The third-order valence-electron chi connectivity index (χ3n) is 2.73. The van der Waals surface area contributed by atoms with Crippen LogP contribution in [0.15, 0.2) is 30.3 Å². The van der Waals surface area contributed by atoms with Crippen LogP contribution >= 0.6 is 0 Å². The molecule has 1 nitrogen and oxygen atoms in total. The Bertz CT molecular complexity index is 706. The van der Waals surface area contributed by atoms with E-state index in [4.69, 9.17) is 0 Å². The van der Waals surface area contributed by atoms with E-state index >= 15 is 0 Å². The van der Waals surface area contributed by atoms with Gasteiger partial charge in [-0.3, -0.25) is 0 Å². The molecule has 0 aliphatic rings. The van der Waals surface area contributed by atoms with Crippen LogP contribution in [0, 0.1) is 23.3 Å². The van der Waals surface area contributed by atoms with E-state index in [2.05, 4.69) is 4.74 Å². The van der Waals surface area contributed by atoms with Crippen LogP contribution in [-0.4, -0.2) is 12.5 Å². The fourth-order valence-electron chi connectivity index (χ4n) is 1.75. The maximum Gasteiger partial charge on any atom is 0.461 e. The summed E-state index contributed by atoms with van der Waals surface area (Å²) in [5, 5.41) is 0. The van der Waals surface area contributed by atoms with Crippen molar-refractivity contribution in [3.8, 4) is 16.9 Å². The highest BCUT2D eigenvalue weighted by Gasteiger charge is 2.44. The molecule has 0 saturated heterocycles. The Labute approximate surface area is 124 Å². The van der Waals surface area contributed by atoms with Gasteiger partial charge in [0.15, 0.2) is 11.6 Å². The van der Waals surface area contributed by atoms with Crippen LogP contribution in [0.1, 0.15) is 0 Å². The van der Waals surface area contributed by atoms with Gasteiger partial charge in [-0.1, -0.05) is 6.07 Å². The number of hydrogen-bond donors (Lipinski definition) is 0. The van der Waals surface area contributed by atoms with Crippen LogP contribution in [0.25, 0.3) is 11.1 Å². The largest absolute Gasteiger partial charge is 0.461 e. The molecular formula is C14H6F8O. The molecule has 2 aromatic carbocycles. The first-order valence-electron chi connectivity index (χ1n) is 5.91. The van der Waals surface area contributed by atoms with E-state index in [0.717, 1.165) is 6.07 Å². The zero-order chi connectivity index (χ0) is 17.4. The molecule has 23 heavy (non-hydrogen) atoms. The number of halogens is 8. The molecule has 0 amide bonds. The lowest BCUT2D eigenvalue weighted by molar-refractivity contribution is -0.254. The number of benzene rings is 2. The molecule has 124 valence electrons. The predicted octanol–water partition coefficient (Wildman–Crippen LogP) is 5.15. The predicted molar refractivity (Wildman–Crippen MR) is 63.3 cm³/mol. The van der Waals surface area contributed by atoms with Crippen LogP contribution in [0.4, 0.5) is 35.1 Å². The number of ether oxygens (including phenoxy) is 1. The van der Waals surface area contributed by atoms with Crippen molar-refractivity contribution in [3.63, 3.8) is 0 Å². The van der Waals surface area contributed by atoms with E-state index in [1.807, 2.05) is 0 Å². The van der Waals surface area contributed by atoms with Crippen molar-refractivity contribution in [1.29, 1.82) is 0 Å². The molecule has 0 aliphatic carbocycles. The standard InChI is InChI=1S/C14H6F8O/c15-7-4-9(17)12(10(18)5-7)6-1-2-11(8(16)3-6)23-14(21,22)13(19)20/h1-5,13H. The average molecular weight is 342 g/mol. The van der Waals surface area contributed by atoms with Gasteiger partial charge in [0.25, 0.3) is 0 Å². The highest BCUT2D eigenvalue weighted by atomic mass is 19.3. The van der Waals surface area contributed by atoms with E-state index in [9.17, 15) is 35.1 Å². The maximum atomic E-state index is 13.7. The van der Waals surface area contributed by atoms with Gasteiger partial charge in [-0.15, -0.1) is 0 Å². The fraction of sp³-hybridized carbons (Fsp3) is 0.143. The van der Waals surface area contributed by atoms with Gasteiger partial charge in [-0.25, -0.2) is 17.6 Å². The average Bonchev–Trinajstić information content (AvgIpc) is 2.40. The van der Waals surface area contributed by atoms with E-state index < -0.39 is 52.7 Å². The van der Waals surface area contributed by atoms with Crippen LogP contribution in [0.2, 0.25) is 0 Å². The summed E-state index contributed by atoms with van der Waals surface area (Å²) in [7, 11) is 0. The topological polar surface area (TPSA) is 9.23 Å². The Balaban J connectivity index is 2.41. The van der Waals surface area contributed by atoms with Gasteiger partial charge in [0.05, 0.1) is 5.56 Å². The molecule has 0 aliphatic heterocycles. The van der Waals surface area contributed by atoms with E-state index in [-0.39, 0.29) is 0 Å². The third kappa shape index (κ3) is 3.54. The van der Waals surface area contributed by atoms with Gasteiger partial charge in [-0.05, 0) is 17.7 Å². The van der Waals surface area contributed by atoms with Crippen molar-refractivity contribution in [2.24, 2.45) is 0 Å². The Hall–Kier alpha value is -2.32. The summed E-state index contributed by atoms with van der Waals surface area (Å²) in [6.45, 7) is 0. The summed E-state index contributed by atoms with van der Waals surface area (Å²) in [5.41, 5.74) is -1.26. The maximum absolute atomic E-state index is 13.7. The summed E-state index contributed by atoms with van der Waals surface area (Å²) in [5.74, 6) is -6.70.